The molecule has 0 unspecified atom stereocenters. The molecule has 0 aliphatic rings. The second kappa shape index (κ2) is 5.10. The van der Waals surface area contributed by atoms with Gasteiger partial charge in [-0.2, -0.15) is 5.26 Å². The maximum absolute atomic E-state index is 14.0. The van der Waals surface area contributed by atoms with Crippen molar-refractivity contribution in [1.82, 2.24) is 4.98 Å². The van der Waals surface area contributed by atoms with Gasteiger partial charge in [0.05, 0.1) is 40.4 Å². The third-order valence-electron chi connectivity index (χ3n) is 3.16. The van der Waals surface area contributed by atoms with Gasteiger partial charge in [-0.1, -0.05) is 18.2 Å². The molecule has 0 aliphatic carbocycles. The lowest BCUT2D eigenvalue weighted by molar-refractivity contribution is 0.631. The number of hydrogen-bond donors (Lipinski definition) is 2. The van der Waals surface area contributed by atoms with E-state index in [1.807, 2.05) is 30.3 Å². The SMILES string of the molecule is N#Cc1ccc(Nc2c(N)cnc3ccccc23)c(F)c1. The molecule has 0 radical (unpaired) electrons. The number of aromatic nitrogens is 1. The van der Waals surface area contributed by atoms with Crippen LogP contribution in [-0.2, 0) is 0 Å². The average molecular weight is 278 g/mol. The summed E-state index contributed by atoms with van der Waals surface area (Å²) in [6.45, 7) is 0. The summed E-state index contributed by atoms with van der Waals surface area (Å²) in [6.07, 6.45) is 1.53. The van der Waals surface area contributed by atoms with Crippen molar-refractivity contribution >= 4 is 28.0 Å². The number of rotatable bonds is 2. The first-order chi connectivity index (χ1) is 10.2. The number of anilines is 3. The number of benzene rings is 2. The van der Waals surface area contributed by atoms with Gasteiger partial charge in [0.25, 0.3) is 0 Å². The van der Waals surface area contributed by atoms with E-state index in [-0.39, 0.29) is 11.3 Å². The summed E-state index contributed by atoms with van der Waals surface area (Å²) in [5.74, 6) is -0.505. The quantitative estimate of drug-likeness (QED) is 0.751. The van der Waals surface area contributed by atoms with Crippen LogP contribution >= 0.6 is 0 Å². The van der Waals surface area contributed by atoms with Gasteiger partial charge in [0.1, 0.15) is 5.82 Å². The highest BCUT2D eigenvalue weighted by atomic mass is 19.1. The molecule has 1 aromatic heterocycles. The second-order valence-electron chi connectivity index (χ2n) is 4.54. The van der Waals surface area contributed by atoms with Crippen LogP contribution in [-0.4, -0.2) is 4.98 Å². The molecule has 5 heteroatoms. The van der Waals surface area contributed by atoms with Crippen LogP contribution in [0.15, 0.2) is 48.7 Å². The molecule has 0 aliphatic heterocycles. The van der Waals surface area contributed by atoms with Crippen LogP contribution in [0.5, 0.6) is 0 Å². The standard InChI is InChI=1S/C16H11FN4/c17-12-7-10(8-18)5-6-15(12)21-16-11-3-1-2-4-14(11)20-9-13(16)19/h1-7,9H,19H2,(H,20,21). The number of para-hydroxylation sites is 1. The Balaban J connectivity index is 2.10. The number of halogens is 1. The number of nitrogens with two attached hydrogens (primary N) is 1. The fraction of sp³-hybridized carbons (Fsp3) is 0. The smallest absolute Gasteiger partial charge is 0.147 e. The van der Waals surface area contributed by atoms with E-state index in [4.69, 9.17) is 11.0 Å². The molecule has 0 saturated heterocycles. The van der Waals surface area contributed by atoms with Crippen LogP contribution in [0.4, 0.5) is 21.5 Å². The number of nitriles is 1. The maximum atomic E-state index is 14.0. The van der Waals surface area contributed by atoms with Crippen molar-refractivity contribution in [3.05, 3.63) is 60.0 Å². The molecule has 1 heterocycles. The monoisotopic (exact) mass is 278 g/mol. The van der Waals surface area contributed by atoms with Crippen LogP contribution in [0.2, 0.25) is 0 Å². The van der Waals surface area contributed by atoms with Gasteiger partial charge in [-0.05, 0) is 24.3 Å². The van der Waals surface area contributed by atoms with Crippen molar-refractivity contribution in [1.29, 1.82) is 5.26 Å². The van der Waals surface area contributed by atoms with Crippen LogP contribution in [0.25, 0.3) is 10.9 Å². The van der Waals surface area contributed by atoms with Gasteiger partial charge >= 0.3 is 0 Å². The predicted octanol–water partition coefficient (Wildman–Crippen LogP) is 3.57. The van der Waals surface area contributed by atoms with E-state index in [0.717, 1.165) is 10.9 Å². The Bertz CT molecular complexity index is 868. The lowest BCUT2D eigenvalue weighted by atomic mass is 10.1. The summed E-state index contributed by atoms with van der Waals surface area (Å²) < 4.78 is 14.0. The van der Waals surface area contributed by atoms with Gasteiger partial charge in [0.15, 0.2) is 0 Å². The lowest BCUT2D eigenvalue weighted by Gasteiger charge is -2.13. The summed E-state index contributed by atoms with van der Waals surface area (Å²) in [5, 5.41) is 12.6. The van der Waals surface area contributed by atoms with Gasteiger partial charge in [0, 0.05) is 5.39 Å². The number of fused-ring (bicyclic) bond motifs is 1. The molecular formula is C16H11FN4. The fourth-order valence-corrected chi connectivity index (χ4v) is 2.12. The maximum Gasteiger partial charge on any atom is 0.147 e. The van der Waals surface area contributed by atoms with Crippen molar-refractivity contribution in [3.63, 3.8) is 0 Å². The Kier molecular flexibility index (Phi) is 3.13. The number of nitrogens with one attached hydrogen (secondary N) is 1. The van der Waals surface area contributed by atoms with Gasteiger partial charge in [-0.3, -0.25) is 4.98 Å². The van der Waals surface area contributed by atoms with Gasteiger partial charge in [0.2, 0.25) is 0 Å². The van der Waals surface area contributed by atoms with E-state index < -0.39 is 5.82 Å². The van der Waals surface area contributed by atoms with Crippen LogP contribution in [0, 0.1) is 17.1 Å². The largest absolute Gasteiger partial charge is 0.396 e. The molecule has 3 N–H and O–H groups in total. The number of nitrogens with zero attached hydrogens (tertiary/aromatic N) is 2. The van der Waals surface area contributed by atoms with Crippen LogP contribution in [0.1, 0.15) is 5.56 Å². The molecule has 0 saturated carbocycles. The Morgan fingerprint density at radius 3 is 2.76 bits per heavy atom. The third kappa shape index (κ3) is 2.35. The van der Waals surface area contributed by atoms with Crippen molar-refractivity contribution < 1.29 is 4.39 Å². The lowest BCUT2D eigenvalue weighted by Crippen LogP contribution is -2.00. The zero-order chi connectivity index (χ0) is 14.8. The molecule has 2 aromatic carbocycles. The Labute approximate surface area is 120 Å². The third-order valence-corrected chi connectivity index (χ3v) is 3.16. The normalized spacial score (nSPS) is 10.3. The molecule has 3 aromatic rings. The Morgan fingerprint density at radius 2 is 2.00 bits per heavy atom. The molecule has 0 atom stereocenters. The first-order valence-corrected chi connectivity index (χ1v) is 6.29. The minimum atomic E-state index is -0.505. The Hall–Kier alpha value is -3.13. The molecular weight excluding hydrogens is 267 g/mol. The van der Waals surface area contributed by atoms with Crippen molar-refractivity contribution in [2.75, 3.05) is 11.1 Å². The van der Waals surface area contributed by atoms with E-state index in [1.54, 1.807) is 6.07 Å². The molecule has 0 spiro atoms. The minimum absolute atomic E-state index is 0.261. The summed E-state index contributed by atoms with van der Waals surface area (Å²) >= 11 is 0. The molecule has 0 bridgehead atoms. The van der Waals surface area contributed by atoms with Crippen molar-refractivity contribution in [2.45, 2.75) is 0 Å². The van der Waals surface area contributed by atoms with Crippen molar-refractivity contribution in [3.8, 4) is 6.07 Å². The zero-order valence-corrected chi connectivity index (χ0v) is 11.0. The number of hydrogen-bond acceptors (Lipinski definition) is 4. The fourth-order valence-electron chi connectivity index (χ4n) is 2.12. The first kappa shape index (κ1) is 12.9. The van der Waals surface area contributed by atoms with Gasteiger partial charge < -0.3 is 11.1 Å². The first-order valence-electron chi connectivity index (χ1n) is 6.29. The number of nitrogen functional groups attached to an aromatic ring is 1. The molecule has 21 heavy (non-hydrogen) atoms. The van der Waals surface area contributed by atoms with Crippen LogP contribution < -0.4 is 11.1 Å². The highest BCUT2D eigenvalue weighted by molar-refractivity contribution is 5.98. The zero-order valence-electron chi connectivity index (χ0n) is 11.0. The average Bonchev–Trinajstić information content (AvgIpc) is 2.51. The van der Waals surface area contributed by atoms with Crippen LogP contribution in [0.3, 0.4) is 0 Å². The van der Waals surface area contributed by atoms with E-state index in [1.165, 1.54) is 18.3 Å². The van der Waals surface area contributed by atoms with Crippen molar-refractivity contribution in [2.24, 2.45) is 0 Å². The van der Waals surface area contributed by atoms with Gasteiger partial charge in [-0.15, -0.1) is 0 Å². The topological polar surface area (TPSA) is 74.7 Å². The predicted molar refractivity (Wildman–Crippen MR) is 80.6 cm³/mol. The summed E-state index contributed by atoms with van der Waals surface area (Å²) in [7, 11) is 0. The van der Waals surface area contributed by atoms with E-state index in [0.29, 0.717) is 11.4 Å². The van der Waals surface area contributed by atoms with E-state index >= 15 is 0 Å². The minimum Gasteiger partial charge on any atom is -0.396 e. The van der Waals surface area contributed by atoms with E-state index in [2.05, 4.69) is 10.3 Å². The molecule has 3 rings (SSSR count). The Morgan fingerprint density at radius 1 is 1.19 bits per heavy atom. The summed E-state index contributed by atoms with van der Waals surface area (Å²) in [4.78, 5) is 4.23. The molecule has 102 valence electrons. The van der Waals surface area contributed by atoms with E-state index in [9.17, 15) is 4.39 Å². The highest BCUT2D eigenvalue weighted by Gasteiger charge is 2.09. The molecule has 0 amide bonds. The molecule has 4 nitrogen and oxygen atoms in total. The number of pyridine rings is 1. The van der Waals surface area contributed by atoms with Gasteiger partial charge in [-0.25, -0.2) is 4.39 Å². The second-order valence-corrected chi connectivity index (χ2v) is 4.54. The molecule has 0 fully saturated rings. The summed E-state index contributed by atoms with van der Waals surface area (Å²) in [6, 6.07) is 13.6. The highest BCUT2D eigenvalue weighted by Crippen LogP contribution is 2.31. The summed E-state index contributed by atoms with van der Waals surface area (Å²) in [5.41, 5.74) is 8.27.